The summed E-state index contributed by atoms with van der Waals surface area (Å²) in [6, 6.07) is 8.32. The number of rotatable bonds is 4. The van der Waals surface area contributed by atoms with Gasteiger partial charge in [-0.1, -0.05) is 19.1 Å². The molecule has 0 amide bonds. The van der Waals surface area contributed by atoms with Gasteiger partial charge >= 0.3 is 0 Å². The van der Waals surface area contributed by atoms with Crippen molar-refractivity contribution in [1.29, 1.82) is 0 Å². The predicted octanol–water partition coefficient (Wildman–Crippen LogP) is 2.75. The molecule has 2 heterocycles. The molecule has 2 aromatic rings. The lowest BCUT2D eigenvalue weighted by atomic mass is 10.3. The molecule has 1 aromatic heterocycles. The zero-order chi connectivity index (χ0) is 16.9. The maximum Gasteiger partial charge on any atom is 0.193 e. The fourth-order valence-electron chi connectivity index (χ4n) is 3.25. The Bertz CT molecular complexity index is 708. The summed E-state index contributed by atoms with van der Waals surface area (Å²) in [5, 5.41) is 4.25. The number of fused-ring (bicyclic) bond motifs is 1. The molecular formula is C18H27N5S. The van der Waals surface area contributed by atoms with Crippen LogP contribution in [0.15, 0.2) is 29.3 Å². The van der Waals surface area contributed by atoms with E-state index in [1.165, 1.54) is 17.7 Å². The Kier molecular flexibility index (Phi) is 5.66. The number of aryl methyl sites for hydroxylation is 1. The Morgan fingerprint density at radius 3 is 3.04 bits per heavy atom. The topological polar surface area (TPSA) is 45.5 Å². The van der Waals surface area contributed by atoms with Crippen LogP contribution < -0.4 is 5.32 Å². The van der Waals surface area contributed by atoms with E-state index in [1.54, 1.807) is 0 Å². The highest BCUT2D eigenvalue weighted by molar-refractivity contribution is 8.00. The van der Waals surface area contributed by atoms with Crippen molar-refractivity contribution in [2.75, 3.05) is 32.4 Å². The van der Waals surface area contributed by atoms with Gasteiger partial charge in [-0.15, -0.1) is 0 Å². The van der Waals surface area contributed by atoms with Crippen molar-refractivity contribution in [1.82, 2.24) is 19.8 Å². The second kappa shape index (κ2) is 7.92. The number of aromatic nitrogens is 2. The third-order valence-corrected chi connectivity index (χ3v) is 5.94. The number of guanidine groups is 1. The van der Waals surface area contributed by atoms with Crippen LogP contribution in [0.3, 0.4) is 0 Å². The van der Waals surface area contributed by atoms with E-state index >= 15 is 0 Å². The number of hydrogen-bond acceptors (Lipinski definition) is 3. The van der Waals surface area contributed by atoms with Gasteiger partial charge in [0.15, 0.2) is 5.96 Å². The molecule has 1 aliphatic rings. The molecule has 130 valence electrons. The van der Waals surface area contributed by atoms with Crippen LogP contribution >= 0.6 is 11.8 Å². The molecule has 1 N–H and O–H groups in total. The van der Waals surface area contributed by atoms with Crippen molar-refractivity contribution in [3.63, 3.8) is 0 Å². The van der Waals surface area contributed by atoms with Gasteiger partial charge < -0.3 is 14.8 Å². The molecule has 1 fully saturated rings. The molecule has 1 atom stereocenters. The van der Waals surface area contributed by atoms with Crippen LogP contribution in [-0.4, -0.2) is 58.1 Å². The molecule has 24 heavy (non-hydrogen) atoms. The summed E-state index contributed by atoms with van der Waals surface area (Å²) in [6.07, 6.45) is 1.22. The maximum atomic E-state index is 4.63. The highest BCUT2D eigenvalue weighted by Gasteiger charge is 2.21. The van der Waals surface area contributed by atoms with Gasteiger partial charge in [0.2, 0.25) is 0 Å². The SMILES string of the molecule is CCC1CN(C(=NC)NCCn2c(C)nc3ccccc32)CCS1. The number of nitrogens with zero attached hydrogens (tertiary/aromatic N) is 4. The molecule has 1 unspecified atom stereocenters. The minimum atomic E-state index is 0.720. The second-order valence-electron chi connectivity index (χ2n) is 6.12. The molecule has 0 aliphatic carbocycles. The fraction of sp³-hybridized carbons (Fsp3) is 0.556. The lowest BCUT2D eigenvalue weighted by Crippen LogP contribution is -2.48. The van der Waals surface area contributed by atoms with Gasteiger partial charge in [-0.25, -0.2) is 4.98 Å². The number of para-hydroxylation sites is 2. The molecule has 0 radical (unpaired) electrons. The van der Waals surface area contributed by atoms with E-state index in [0.29, 0.717) is 0 Å². The number of thioether (sulfide) groups is 1. The molecule has 0 spiro atoms. The zero-order valence-electron chi connectivity index (χ0n) is 14.8. The lowest BCUT2D eigenvalue weighted by molar-refractivity contribution is 0.407. The number of imidazole rings is 1. The van der Waals surface area contributed by atoms with Gasteiger partial charge in [-0.3, -0.25) is 4.99 Å². The second-order valence-corrected chi connectivity index (χ2v) is 7.53. The van der Waals surface area contributed by atoms with E-state index in [2.05, 4.69) is 68.6 Å². The van der Waals surface area contributed by atoms with E-state index in [9.17, 15) is 0 Å². The van der Waals surface area contributed by atoms with E-state index < -0.39 is 0 Å². The van der Waals surface area contributed by atoms with E-state index in [1.807, 2.05) is 13.1 Å². The van der Waals surface area contributed by atoms with Crippen LogP contribution in [0.1, 0.15) is 19.2 Å². The number of aliphatic imine (C=N–C) groups is 1. The average molecular weight is 346 g/mol. The molecule has 6 heteroatoms. The fourth-order valence-corrected chi connectivity index (χ4v) is 4.43. The van der Waals surface area contributed by atoms with Gasteiger partial charge in [-0.05, 0) is 25.5 Å². The normalized spacial score (nSPS) is 19.0. The van der Waals surface area contributed by atoms with Crippen molar-refractivity contribution < 1.29 is 0 Å². The highest BCUT2D eigenvalue weighted by atomic mass is 32.2. The molecule has 0 bridgehead atoms. The average Bonchev–Trinajstić information content (AvgIpc) is 2.94. The van der Waals surface area contributed by atoms with Gasteiger partial charge in [0.1, 0.15) is 5.82 Å². The zero-order valence-corrected chi connectivity index (χ0v) is 15.6. The van der Waals surface area contributed by atoms with E-state index in [0.717, 1.165) is 48.7 Å². The first-order valence-corrected chi connectivity index (χ1v) is 9.77. The first-order chi connectivity index (χ1) is 11.7. The van der Waals surface area contributed by atoms with Crippen LogP contribution in [0.2, 0.25) is 0 Å². The van der Waals surface area contributed by atoms with Gasteiger partial charge in [0.05, 0.1) is 11.0 Å². The molecule has 5 nitrogen and oxygen atoms in total. The van der Waals surface area contributed by atoms with Crippen LogP contribution in [0.4, 0.5) is 0 Å². The number of benzene rings is 1. The van der Waals surface area contributed by atoms with Crippen molar-refractivity contribution in [3.8, 4) is 0 Å². The Labute approximate surface area is 148 Å². The first kappa shape index (κ1) is 17.1. The van der Waals surface area contributed by atoms with Crippen molar-refractivity contribution in [2.24, 2.45) is 4.99 Å². The van der Waals surface area contributed by atoms with Crippen LogP contribution in [0.25, 0.3) is 11.0 Å². The van der Waals surface area contributed by atoms with Crippen LogP contribution in [0, 0.1) is 6.92 Å². The van der Waals surface area contributed by atoms with Crippen molar-refractivity contribution >= 4 is 28.8 Å². The molecule has 1 saturated heterocycles. The Balaban J connectivity index is 1.61. The molecule has 1 aromatic carbocycles. The smallest absolute Gasteiger partial charge is 0.193 e. The molecule has 0 saturated carbocycles. The first-order valence-electron chi connectivity index (χ1n) is 8.72. The third-order valence-electron chi connectivity index (χ3n) is 4.57. The summed E-state index contributed by atoms with van der Waals surface area (Å²) < 4.78 is 2.27. The Morgan fingerprint density at radius 2 is 2.25 bits per heavy atom. The van der Waals surface area contributed by atoms with Crippen LogP contribution in [0.5, 0.6) is 0 Å². The summed E-state index contributed by atoms with van der Waals surface area (Å²) in [5.74, 6) is 3.27. The largest absolute Gasteiger partial charge is 0.354 e. The van der Waals surface area contributed by atoms with E-state index in [4.69, 9.17) is 0 Å². The Morgan fingerprint density at radius 1 is 1.42 bits per heavy atom. The van der Waals surface area contributed by atoms with Gasteiger partial charge in [-0.2, -0.15) is 11.8 Å². The monoisotopic (exact) mass is 345 g/mol. The van der Waals surface area contributed by atoms with Crippen molar-refractivity contribution in [3.05, 3.63) is 30.1 Å². The predicted molar refractivity (Wildman–Crippen MR) is 104 cm³/mol. The molecular weight excluding hydrogens is 318 g/mol. The summed E-state index contributed by atoms with van der Waals surface area (Å²) in [6.45, 7) is 8.26. The van der Waals surface area contributed by atoms with Gasteiger partial charge in [0, 0.05) is 44.2 Å². The summed E-state index contributed by atoms with van der Waals surface area (Å²) >= 11 is 2.08. The highest BCUT2D eigenvalue weighted by Crippen LogP contribution is 2.21. The minimum Gasteiger partial charge on any atom is -0.354 e. The number of hydrogen-bond donors (Lipinski definition) is 1. The Hall–Kier alpha value is -1.69. The standard InChI is InChI=1S/C18H27N5S/c1-4-15-13-22(11-12-24-15)18(19-3)20-9-10-23-14(2)21-16-7-5-6-8-17(16)23/h5-8,15H,4,9-13H2,1-3H3,(H,19,20). The quantitative estimate of drug-likeness (QED) is 0.684. The third kappa shape index (κ3) is 3.69. The summed E-state index contributed by atoms with van der Waals surface area (Å²) in [5.41, 5.74) is 2.27. The minimum absolute atomic E-state index is 0.720. The lowest BCUT2D eigenvalue weighted by Gasteiger charge is -2.34. The summed E-state index contributed by atoms with van der Waals surface area (Å²) in [4.78, 5) is 11.5. The summed E-state index contributed by atoms with van der Waals surface area (Å²) in [7, 11) is 1.88. The van der Waals surface area contributed by atoms with Crippen LogP contribution in [-0.2, 0) is 6.54 Å². The van der Waals surface area contributed by atoms with E-state index in [-0.39, 0.29) is 0 Å². The molecule has 1 aliphatic heterocycles. The maximum absolute atomic E-state index is 4.63. The van der Waals surface area contributed by atoms with Crippen molar-refractivity contribution in [2.45, 2.75) is 32.1 Å². The number of nitrogens with one attached hydrogen (secondary N) is 1. The molecule has 3 rings (SSSR count). The van der Waals surface area contributed by atoms with Gasteiger partial charge in [0.25, 0.3) is 0 Å².